The first-order chi connectivity index (χ1) is 5.81. The van der Waals surface area contributed by atoms with E-state index in [1.54, 1.807) is 0 Å². The van der Waals surface area contributed by atoms with E-state index in [9.17, 15) is 0 Å². The van der Waals surface area contributed by atoms with Crippen LogP contribution in [0.15, 0.2) is 24.4 Å². The van der Waals surface area contributed by atoms with Gasteiger partial charge in [-0.05, 0) is 18.1 Å². The van der Waals surface area contributed by atoms with Crippen molar-refractivity contribution in [2.24, 2.45) is 0 Å². The molecular weight excluding hydrogens is 263 g/mol. The van der Waals surface area contributed by atoms with Gasteiger partial charge < -0.3 is 0 Å². The van der Waals surface area contributed by atoms with Gasteiger partial charge in [0.05, 0.1) is 34.6 Å². The normalized spacial score (nSPS) is 10.8. The predicted octanol–water partition coefficient (Wildman–Crippen LogP) is 2.80. The third-order valence-electron chi connectivity index (χ3n) is 2.00. The zero-order chi connectivity index (χ0) is 8.55. The molecule has 0 N–H and O–H groups in total. The molecule has 3 heteroatoms. The van der Waals surface area contributed by atoms with Gasteiger partial charge in [0.1, 0.15) is 0 Å². The van der Waals surface area contributed by atoms with E-state index in [1.807, 2.05) is 9.09 Å². The van der Waals surface area contributed by atoms with E-state index < -0.39 is 0 Å². The van der Waals surface area contributed by atoms with Gasteiger partial charge >= 0.3 is 0 Å². The Morgan fingerprint density at radius 1 is 1.50 bits per heavy atom. The number of aryl methyl sites for hydroxylation is 1. The van der Waals surface area contributed by atoms with Crippen LogP contribution < -0.4 is 0 Å². The molecule has 0 saturated carbocycles. The number of nitrogens with zero attached hydrogens (tertiary/aromatic N) is 2. The smallest absolute Gasteiger partial charge is 0.0851 e. The minimum absolute atomic E-state index is 1.08. The monoisotopic (exact) mass is 272 g/mol. The molecule has 0 saturated heterocycles. The van der Waals surface area contributed by atoms with Gasteiger partial charge in [-0.25, -0.2) is 2.90 Å². The molecule has 0 fully saturated rings. The van der Waals surface area contributed by atoms with Crippen molar-refractivity contribution in [3.63, 3.8) is 0 Å². The van der Waals surface area contributed by atoms with E-state index in [-0.39, 0.29) is 0 Å². The van der Waals surface area contributed by atoms with Gasteiger partial charge in [0.15, 0.2) is 0 Å². The molecule has 1 aromatic heterocycles. The summed E-state index contributed by atoms with van der Waals surface area (Å²) in [6.07, 6.45) is 2.97. The van der Waals surface area contributed by atoms with Gasteiger partial charge in [-0.15, -0.1) is 0 Å². The quantitative estimate of drug-likeness (QED) is 0.730. The van der Waals surface area contributed by atoms with Crippen molar-refractivity contribution in [2.75, 3.05) is 0 Å². The SMILES string of the molecule is CCc1ccc2cnn(I)c2c1. The molecule has 0 radical (unpaired) electrons. The maximum atomic E-state index is 4.17. The molecule has 0 bridgehead atoms. The fourth-order valence-electron chi connectivity index (χ4n) is 1.25. The standard InChI is InChI=1S/C9H9IN2/c1-2-7-3-4-8-6-11-12(10)9(8)5-7/h3-6H,2H2,1H3. The van der Waals surface area contributed by atoms with Crippen LogP contribution in [-0.4, -0.2) is 7.99 Å². The lowest BCUT2D eigenvalue weighted by molar-refractivity contribution is 1.08. The van der Waals surface area contributed by atoms with Crippen LogP contribution in [-0.2, 0) is 6.42 Å². The highest BCUT2D eigenvalue weighted by Crippen LogP contribution is 2.17. The van der Waals surface area contributed by atoms with Crippen LogP contribution in [0.3, 0.4) is 0 Å². The van der Waals surface area contributed by atoms with E-state index >= 15 is 0 Å². The molecule has 0 unspecified atom stereocenters. The third kappa shape index (κ3) is 1.22. The van der Waals surface area contributed by atoms with Crippen LogP contribution >= 0.6 is 22.9 Å². The first-order valence-corrected chi connectivity index (χ1v) is 4.90. The molecule has 0 amide bonds. The minimum Gasteiger partial charge on any atom is -0.204 e. The summed E-state index contributed by atoms with van der Waals surface area (Å²) < 4.78 is 1.88. The summed E-state index contributed by atoms with van der Waals surface area (Å²) in [5.41, 5.74) is 2.57. The largest absolute Gasteiger partial charge is 0.204 e. The van der Waals surface area contributed by atoms with Gasteiger partial charge in [0, 0.05) is 5.39 Å². The highest BCUT2D eigenvalue weighted by atomic mass is 127. The Labute approximate surface area is 85.1 Å². The number of aromatic nitrogens is 2. The average Bonchev–Trinajstić information content (AvgIpc) is 2.47. The molecule has 12 heavy (non-hydrogen) atoms. The van der Waals surface area contributed by atoms with Gasteiger partial charge in [0.25, 0.3) is 0 Å². The van der Waals surface area contributed by atoms with E-state index in [2.05, 4.69) is 53.1 Å². The number of hydrogen-bond donors (Lipinski definition) is 0. The highest BCUT2D eigenvalue weighted by Gasteiger charge is 1.99. The van der Waals surface area contributed by atoms with Crippen molar-refractivity contribution >= 4 is 33.8 Å². The highest BCUT2D eigenvalue weighted by molar-refractivity contribution is 14.1. The second-order valence-electron chi connectivity index (χ2n) is 2.75. The molecule has 0 spiro atoms. The van der Waals surface area contributed by atoms with Crippen molar-refractivity contribution in [1.29, 1.82) is 0 Å². The molecule has 2 aromatic rings. The lowest BCUT2D eigenvalue weighted by Crippen LogP contribution is -1.82. The van der Waals surface area contributed by atoms with Crippen LogP contribution in [0.5, 0.6) is 0 Å². The second kappa shape index (κ2) is 3.05. The van der Waals surface area contributed by atoms with E-state index in [0.29, 0.717) is 0 Å². The summed E-state index contributed by atoms with van der Waals surface area (Å²) in [6.45, 7) is 2.16. The first-order valence-electron chi connectivity index (χ1n) is 3.94. The number of benzene rings is 1. The third-order valence-corrected chi connectivity index (χ3v) is 2.77. The van der Waals surface area contributed by atoms with Gasteiger partial charge in [-0.1, -0.05) is 19.1 Å². The topological polar surface area (TPSA) is 17.8 Å². The number of halogens is 1. The summed E-state index contributed by atoms with van der Waals surface area (Å²) in [7, 11) is 0. The second-order valence-corrected chi connectivity index (χ2v) is 3.67. The molecule has 0 aliphatic carbocycles. The van der Waals surface area contributed by atoms with Crippen LogP contribution in [0.1, 0.15) is 12.5 Å². The average molecular weight is 272 g/mol. The Morgan fingerprint density at radius 2 is 2.33 bits per heavy atom. The Morgan fingerprint density at radius 3 is 3.08 bits per heavy atom. The van der Waals surface area contributed by atoms with Crippen molar-refractivity contribution in [1.82, 2.24) is 7.99 Å². The number of fused-ring (bicyclic) bond motifs is 1. The lowest BCUT2D eigenvalue weighted by Gasteiger charge is -1.96. The van der Waals surface area contributed by atoms with Crippen molar-refractivity contribution in [2.45, 2.75) is 13.3 Å². The molecule has 2 rings (SSSR count). The van der Waals surface area contributed by atoms with Crippen LogP contribution in [0, 0.1) is 0 Å². The van der Waals surface area contributed by atoms with Crippen molar-refractivity contribution in [3.8, 4) is 0 Å². The summed E-state index contributed by atoms with van der Waals surface area (Å²) >= 11 is 2.19. The van der Waals surface area contributed by atoms with Crippen molar-refractivity contribution < 1.29 is 0 Å². The predicted molar refractivity (Wildman–Crippen MR) is 58.5 cm³/mol. The Kier molecular flexibility index (Phi) is 2.04. The molecule has 0 atom stereocenters. The van der Waals surface area contributed by atoms with E-state index in [4.69, 9.17) is 0 Å². The van der Waals surface area contributed by atoms with Crippen LogP contribution in [0.4, 0.5) is 0 Å². The summed E-state index contributed by atoms with van der Waals surface area (Å²) in [5.74, 6) is 0. The maximum Gasteiger partial charge on any atom is 0.0851 e. The summed E-state index contributed by atoms with van der Waals surface area (Å²) in [5, 5.41) is 5.38. The molecular formula is C9H9IN2. The van der Waals surface area contributed by atoms with E-state index in [0.717, 1.165) is 6.42 Å². The van der Waals surface area contributed by atoms with E-state index in [1.165, 1.54) is 16.5 Å². The summed E-state index contributed by atoms with van der Waals surface area (Å²) in [6, 6.07) is 6.46. The van der Waals surface area contributed by atoms with Crippen LogP contribution in [0.2, 0.25) is 0 Å². The van der Waals surface area contributed by atoms with Gasteiger partial charge in [-0.3, -0.25) is 0 Å². The zero-order valence-electron chi connectivity index (χ0n) is 6.79. The fourth-order valence-corrected chi connectivity index (χ4v) is 1.80. The molecule has 2 nitrogen and oxygen atoms in total. The van der Waals surface area contributed by atoms with Gasteiger partial charge in [-0.2, -0.15) is 5.10 Å². The first kappa shape index (κ1) is 8.04. The Bertz CT molecular complexity index is 406. The van der Waals surface area contributed by atoms with Crippen LogP contribution in [0.25, 0.3) is 10.9 Å². The zero-order valence-corrected chi connectivity index (χ0v) is 8.95. The number of rotatable bonds is 1. The van der Waals surface area contributed by atoms with Crippen molar-refractivity contribution in [3.05, 3.63) is 30.0 Å². The minimum atomic E-state index is 1.08. The number of hydrogen-bond acceptors (Lipinski definition) is 1. The molecule has 1 heterocycles. The Balaban J connectivity index is 2.71. The Hall–Kier alpha value is -0.580. The molecule has 0 aliphatic rings. The molecule has 0 aliphatic heterocycles. The fraction of sp³-hybridized carbons (Fsp3) is 0.222. The van der Waals surface area contributed by atoms with Gasteiger partial charge in [0.2, 0.25) is 0 Å². The molecule has 62 valence electrons. The lowest BCUT2D eigenvalue weighted by atomic mass is 10.1. The molecule has 1 aromatic carbocycles. The maximum absolute atomic E-state index is 4.17. The summed E-state index contributed by atoms with van der Waals surface area (Å²) in [4.78, 5) is 0.